The van der Waals surface area contributed by atoms with Crippen molar-refractivity contribution in [2.45, 2.75) is 52.6 Å². The first-order valence-corrected chi connectivity index (χ1v) is 14.9. The summed E-state index contributed by atoms with van der Waals surface area (Å²) in [5.74, 6) is 2.38. The summed E-state index contributed by atoms with van der Waals surface area (Å²) in [6.45, 7) is 7.01. The van der Waals surface area contributed by atoms with Crippen LogP contribution in [0.5, 0.6) is 0 Å². The number of benzene rings is 3. The number of thiol groups is 1. The van der Waals surface area contributed by atoms with E-state index in [1.165, 1.54) is 0 Å². The normalized spacial score (nSPS) is 12.2. The van der Waals surface area contributed by atoms with Crippen LogP contribution in [-0.2, 0) is 13.0 Å². The van der Waals surface area contributed by atoms with E-state index in [0.717, 1.165) is 52.9 Å². The van der Waals surface area contributed by atoms with E-state index in [-0.39, 0.29) is 11.9 Å². The molecular weight excluding hydrogens is 554 g/mol. The van der Waals surface area contributed by atoms with Crippen LogP contribution in [0.2, 0.25) is 5.02 Å². The number of nitrogens with zero attached hydrogens (tertiary/aromatic N) is 5. The van der Waals surface area contributed by atoms with Gasteiger partial charge in [-0.25, -0.2) is 4.98 Å². The molecule has 10 heteroatoms. The van der Waals surface area contributed by atoms with Gasteiger partial charge in [0.05, 0.1) is 10.5 Å². The molecule has 0 spiro atoms. The molecule has 2 N–H and O–H groups in total. The third-order valence-electron chi connectivity index (χ3n) is 7.05. The zero-order valence-electron chi connectivity index (χ0n) is 23.4. The quantitative estimate of drug-likeness (QED) is 0.151. The van der Waals surface area contributed by atoms with E-state index in [4.69, 9.17) is 16.6 Å². The van der Waals surface area contributed by atoms with Crippen LogP contribution >= 0.6 is 24.2 Å². The summed E-state index contributed by atoms with van der Waals surface area (Å²) >= 11 is 11.1. The lowest BCUT2D eigenvalue weighted by Gasteiger charge is -2.19. The van der Waals surface area contributed by atoms with Crippen LogP contribution in [0.1, 0.15) is 55.4 Å². The zero-order chi connectivity index (χ0) is 28.9. The minimum Gasteiger partial charge on any atom is -0.348 e. The number of aromatic nitrogens is 6. The number of carbonyl (C=O) groups is 1. The second-order valence-corrected chi connectivity index (χ2v) is 11.4. The Morgan fingerprint density at radius 3 is 2.51 bits per heavy atom. The highest BCUT2D eigenvalue weighted by atomic mass is 35.5. The fourth-order valence-electron chi connectivity index (χ4n) is 5.15. The van der Waals surface area contributed by atoms with Gasteiger partial charge in [0.15, 0.2) is 0 Å². The maximum Gasteiger partial charge on any atom is 0.251 e. The minimum absolute atomic E-state index is 0.00964. The summed E-state index contributed by atoms with van der Waals surface area (Å²) < 4.78 is 2.17. The topological polar surface area (TPSA) is 101 Å². The van der Waals surface area contributed by atoms with Gasteiger partial charge in [-0.05, 0) is 52.8 Å². The average Bonchev–Trinajstić information content (AvgIpc) is 3.62. The largest absolute Gasteiger partial charge is 0.348 e. The zero-order valence-corrected chi connectivity index (χ0v) is 25.1. The molecule has 3 aromatic carbocycles. The third-order valence-corrected chi connectivity index (χ3v) is 7.78. The summed E-state index contributed by atoms with van der Waals surface area (Å²) in [7, 11) is 0. The van der Waals surface area contributed by atoms with Crippen molar-refractivity contribution in [1.82, 2.24) is 35.5 Å². The molecule has 2 aromatic heterocycles. The smallest absolute Gasteiger partial charge is 0.251 e. The molecule has 1 amide bonds. The van der Waals surface area contributed by atoms with Crippen molar-refractivity contribution in [1.29, 1.82) is 0 Å². The molecule has 1 atom stereocenters. The third kappa shape index (κ3) is 6.47. The monoisotopic (exact) mass is 587 g/mol. The highest BCUT2D eigenvalue weighted by Gasteiger charge is 2.20. The number of nitrogens with one attached hydrogen (secondary N) is 2. The number of halogens is 1. The van der Waals surface area contributed by atoms with Gasteiger partial charge in [-0.3, -0.25) is 4.79 Å². The maximum atomic E-state index is 13.2. The number of hydrogen-bond acceptors (Lipinski definition) is 6. The Hall–Kier alpha value is -3.69. The number of imidazole rings is 1. The minimum atomic E-state index is -0.150. The van der Waals surface area contributed by atoms with Gasteiger partial charge in [-0.15, -0.1) is 10.2 Å². The second kappa shape index (κ2) is 12.9. The Balaban J connectivity index is 1.46. The van der Waals surface area contributed by atoms with Crippen LogP contribution < -0.4 is 5.32 Å². The lowest BCUT2D eigenvalue weighted by atomic mass is 9.98. The van der Waals surface area contributed by atoms with E-state index in [1.807, 2.05) is 24.3 Å². The van der Waals surface area contributed by atoms with Crippen molar-refractivity contribution in [3.8, 4) is 22.5 Å². The van der Waals surface area contributed by atoms with Crippen molar-refractivity contribution < 1.29 is 4.79 Å². The van der Waals surface area contributed by atoms with Crippen molar-refractivity contribution in [2.24, 2.45) is 5.92 Å². The molecule has 0 aliphatic rings. The standard InChI is InChI=1S/C31H34ClN7OS/c1-4-7-28-34-29-26(32)15-22(31(40)33-23(18-41)14-19(2)3)16-27(29)39(28)17-20-10-12-21(13-11-20)24-8-5-6-9-25(24)30-35-37-38-36-30/h5-6,8-13,15-16,19,23,41H,4,7,14,17-18H2,1-3H3,(H,33,40)(H,35,36,37,38)/t23-/m1/s1. The first kappa shape index (κ1) is 28.8. The first-order valence-electron chi connectivity index (χ1n) is 13.9. The molecule has 0 fully saturated rings. The molecule has 5 rings (SSSR count). The molecule has 0 unspecified atom stereocenters. The highest BCUT2D eigenvalue weighted by Crippen LogP contribution is 2.31. The number of carbonyl (C=O) groups excluding carboxylic acids is 1. The summed E-state index contributed by atoms with van der Waals surface area (Å²) in [4.78, 5) is 18.1. The van der Waals surface area contributed by atoms with Crippen LogP contribution in [0.15, 0.2) is 60.7 Å². The lowest BCUT2D eigenvalue weighted by Crippen LogP contribution is -2.37. The highest BCUT2D eigenvalue weighted by molar-refractivity contribution is 7.80. The van der Waals surface area contributed by atoms with Gasteiger partial charge in [0, 0.05) is 35.9 Å². The van der Waals surface area contributed by atoms with Gasteiger partial charge in [-0.1, -0.05) is 80.9 Å². The van der Waals surface area contributed by atoms with Crippen molar-refractivity contribution in [3.63, 3.8) is 0 Å². The predicted octanol–water partition coefficient (Wildman–Crippen LogP) is 6.61. The number of tetrazole rings is 1. The summed E-state index contributed by atoms with van der Waals surface area (Å²) in [6, 6.07) is 20.1. The summed E-state index contributed by atoms with van der Waals surface area (Å²) in [6.07, 6.45) is 2.61. The van der Waals surface area contributed by atoms with Crippen LogP contribution in [0.3, 0.4) is 0 Å². The van der Waals surface area contributed by atoms with Crippen LogP contribution in [-0.4, -0.2) is 47.9 Å². The molecule has 0 bridgehead atoms. The molecule has 5 aromatic rings. The molecule has 212 valence electrons. The number of rotatable bonds is 11. The molecule has 0 saturated carbocycles. The van der Waals surface area contributed by atoms with E-state index in [0.29, 0.717) is 40.1 Å². The van der Waals surface area contributed by atoms with Crippen LogP contribution in [0.25, 0.3) is 33.5 Å². The number of fused-ring (bicyclic) bond motifs is 1. The molecule has 2 heterocycles. The predicted molar refractivity (Wildman–Crippen MR) is 167 cm³/mol. The molecular formula is C31H34ClN7OS. The molecule has 8 nitrogen and oxygen atoms in total. The van der Waals surface area contributed by atoms with Crippen molar-refractivity contribution in [2.75, 3.05) is 5.75 Å². The number of amides is 1. The Labute approximate surface area is 250 Å². The van der Waals surface area contributed by atoms with Gasteiger partial charge in [-0.2, -0.15) is 17.8 Å². The van der Waals surface area contributed by atoms with Crippen molar-refractivity contribution in [3.05, 3.63) is 82.6 Å². The van der Waals surface area contributed by atoms with Crippen molar-refractivity contribution >= 4 is 41.2 Å². The SMILES string of the molecule is CCCc1nc2c(Cl)cc(C(=O)N[C@@H](CS)CC(C)C)cc2n1Cc1ccc(-c2ccccc2-c2nn[nH]n2)cc1. The van der Waals surface area contributed by atoms with Gasteiger partial charge in [0.25, 0.3) is 5.91 Å². The number of H-pyrrole nitrogens is 1. The molecule has 0 saturated heterocycles. The van der Waals surface area contributed by atoms with E-state index in [9.17, 15) is 4.79 Å². The summed E-state index contributed by atoms with van der Waals surface area (Å²) in [5, 5.41) is 18.1. The van der Waals surface area contributed by atoms with Crippen LogP contribution in [0.4, 0.5) is 0 Å². The Kier molecular flexibility index (Phi) is 9.05. The van der Waals surface area contributed by atoms with E-state index >= 15 is 0 Å². The van der Waals surface area contributed by atoms with E-state index in [2.05, 4.69) is 94.2 Å². The fourth-order valence-corrected chi connectivity index (χ4v) is 5.64. The fraction of sp³-hybridized carbons (Fsp3) is 0.323. The molecule has 0 radical (unpaired) electrons. The second-order valence-electron chi connectivity index (χ2n) is 10.7. The molecule has 0 aliphatic carbocycles. The Morgan fingerprint density at radius 1 is 1.10 bits per heavy atom. The molecule has 0 aliphatic heterocycles. The van der Waals surface area contributed by atoms with Crippen LogP contribution in [0, 0.1) is 5.92 Å². The number of aromatic amines is 1. The Bertz CT molecular complexity index is 1630. The molecule has 41 heavy (non-hydrogen) atoms. The average molecular weight is 588 g/mol. The Morgan fingerprint density at radius 2 is 1.85 bits per heavy atom. The van der Waals surface area contributed by atoms with E-state index < -0.39 is 0 Å². The number of hydrogen-bond donors (Lipinski definition) is 3. The summed E-state index contributed by atoms with van der Waals surface area (Å²) in [5.41, 5.74) is 6.19. The van der Waals surface area contributed by atoms with Gasteiger partial charge >= 0.3 is 0 Å². The van der Waals surface area contributed by atoms with Gasteiger partial charge in [0.1, 0.15) is 11.3 Å². The maximum absolute atomic E-state index is 13.2. The van der Waals surface area contributed by atoms with Gasteiger partial charge < -0.3 is 9.88 Å². The number of aryl methyl sites for hydroxylation is 1. The first-order chi connectivity index (χ1) is 19.9. The van der Waals surface area contributed by atoms with E-state index in [1.54, 1.807) is 6.07 Å². The van der Waals surface area contributed by atoms with Gasteiger partial charge in [0.2, 0.25) is 5.82 Å². The lowest BCUT2D eigenvalue weighted by molar-refractivity contribution is 0.0937.